The maximum absolute atomic E-state index is 11.4. The first-order chi connectivity index (χ1) is 9.07. The molecule has 0 radical (unpaired) electrons. The van der Waals surface area contributed by atoms with Crippen LogP contribution in [-0.2, 0) is 14.3 Å². The summed E-state index contributed by atoms with van der Waals surface area (Å²) in [6.07, 6.45) is 8.81. The number of hydrogen-bond acceptors (Lipinski definition) is 4. The van der Waals surface area contributed by atoms with Gasteiger partial charge < -0.3 is 9.84 Å². The van der Waals surface area contributed by atoms with Gasteiger partial charge in [0.15, 0.2) is 5.78 Å². The number of rotatable bonds is 12. The first-order valence-corrected chi connectivity index (χ1v) is 7.44. The van der Waals surface area contributed by atoms with E-state index in [1.54, 1.807) is 0 Å². The molecule has 0 aromatic heterocycles. The van der Waals surface area contributed by atoms with E-state index in [0.717, 1.165) is 12.8 Å². The van der Waals surface area contributed by atoms with E-state index in [-0.39, 0.29) is 12.4 Å². The molecule has 0 aromatic carbocycles. The van der Waals surface area contributed by atoms with Gasteiger partial charge in [-0.1, -0.05) is 51.9 Å². The van der Waals surface area contributed by atoms with Gasteiger partial charge in [-0.15, -0.1) is 0 Å². The maximum atomic E-state index is 11.4. The summed E-state index contributed by atoms with van der Waals surface area (Å²) in [7, 11) is 0. The minimum absolute atomic E-state index is 0.0695. The number of Topliss-reactive ketones (excluding diaryl/α,β-unsaturated/α-hetero) is 1. The van der Waals surface area contributed by atoms with Crippen LogP contribution in [0.5, 0.6) is 0 Å². The molecule has 0 aliphatic carbocycles. The molecule has 1 N–H and O–H groups in total. The number of aliphatic hydroxyl groups excluding tert-OH is 1. The number of carbonyl (C=O) groups excluding carboxylic acids is 2. The highest BCUT2D eigenvalue weighted by molar-refractivity contribution is 5.83. The Labute approximate surface area is 116 Å². The monoisotopic (exact) mass is 272 g/mol. The zero-order valence-electron chi connectivity index (χ0n) is 12.3. The highest BCUT2D eigenvalue weighted by Crippen LogP contribution is 2.09. The highest BCUT2D eigenvalue weighted by atomic mass is 16.5. The van der Waals surface area contributed by atoms with Gasteiger partial charge in [-0.25, -0.2) is 4.79 Å². The average molecular weight is 272 g/mol. The Kier molecular flexibility index (Phi) is 11.6. The van der Waals surface area contributed by atoms with E-state index >= 15 is 0 Å². The zero-order chi connectivity index (χ0) is 14.5. The SMILES string of the molecule is CCCCCCCCCCC(=O)COC(=O)C(C)O. The summed E-state index contributed by atoms with van der Waals surface area (Å²) < 4.78 is 4.65. The summed E-state index contributed by atoms with van der Waals surface area (Å²) in [5.41, 5.74) is 0. The number of carbonyl (C=O) groups is 2. The maximum Gasteiger partial charge on any atom is 0.335 e. The van der Waals surface area contributed by atoms with Crippen molar-refractivity contribution in [1.29, 1.82) is 0 Å². The summed E-state index contributed by atoms with van der Waals surface area (Å²) in [5, 5.41) is 8.88. The van der Waals surface area contributed by atoms with Crippen molar-refractivity contribution >= 4 is 11.8 Å². The van der Waals surface area contributed by atoms with Crippen LogP contribution in [0.15, 0.2) is 0 Å². The van der Waals surface area contributed by atoms with Crippen molar-refractivity contribution in [3.05, 3.63) is 0 Å². The average Bonchev–Trinajstić information content (AvgIpc) is 2.38. The van der Waals surface area contributed by atoms with Crippen LogP contribution in [0.1, 0.15) is 71.6 Å². The first kappa shape index (κ1) is 18.1. The Morgan fingerprint density at radius 3 is 2.05 bits per heavy atom. The number of esters is 1. The molecule has 0 rings (SSSR count). The fraction of sp³-hybridized carbons (Fsp3) is 0.867. The Morgan fingerprint density at radius 2 is 1.53 bits per heavy atom. The van der Waals surface area contributed by atoms with E-state index in [0.29, 0.717) is 6.42 Å². The Morgan fingerprint density at radius 1 is 1.00 bits per heavy atom. The van der Waals surface area contributed by atoms with Crippen LogP contribution in [0.2, 0.25) is 0 Å². The highest BCUT2D eigenvalue weighted by Gasteiger charge is 2.12. The minimum Gasteiger partial charge on any atom is -0.456 e. The van der Waals surface area contributed by atoms with Crippen LogP contribution in [0.3, 0.4) is 0 Å². The fourth-order valence-electron chi connectivity index (χ4n) is 1.80. The normalized spacial score (nSPS) is 12.2. The molecule has 0 bridgehead atoms. The van der Waals surface area contributed by atoms with Crippen molar-refractivity contribution in [3.8, 4) is 0 Å². The molecule has 0 aliphatic heterocycles. The molecule has 0 aromatic rings. The third-order valence-corrected chi connectivity index (χ3v) is 3.03. The summed E-state index contributed by atoms with van der Waals surface area (Å²) in [5.74, 6) is -0.802. The van der Waals surface area contributed by atoms with Gasteiger partial charge in [-0.3, -0.25) is 4.79 Å². The van der Waals surface area contributed by atoms with Gasteiger partial charge in [0.2, 0.25) is 0 Å². The lowest BCUT2D eigenvalue weighted by atomic mass is 10.1. The van der Waals surface area contributed by atoms with Crippen LogP contribution in [-0.4, -0.2) is 29.6 Å². The van der Waals surface area contributed by atoms with E-state index in [1.165, 1.54) is 45.4 Å². The second-order valence-corrected chi connectivity index (χ2v) is 5.05. The third kappa shape index (κ3) is 11.9. The van der Waals surface area contributed by atoms with Crippen LogP contribution in [0.4, 0.5) is 0 Å². The Hall–Kier alpha value is -0.900. The van der Waals surface area contributed by atoms with Crippen LogP contribution in [0, 0.1) is 0 Å². The van der Waals surface area contributed by atoms with Gasteiger partial charge in [0.25, 0.3) is 0 Å². The molecule has 1 atom stereocenters. The molecule has 0 fully saturated rings. The minimum atomic E-state index is -1.16. The summed E-state index contributed by atoms with van der Waals surface area (Å²) in [4.78, 5) is 22.3. The van der Waals surface area contributed by atoms with Crippen molar-refractivity contribution in [3.63, 3.8) is 0 Å². The molecule has 0 amide bonds. The molecule has 1 unspecified atom stereocenters. The molecule has 19 heavy (non-hydrogen) atoms. The largest absolute Gasteiger partial charge is 0.456 e. The number of hydrogen-bond donors (Lipinski definition) is 1. The smallest absolute Gasteiger partial charge is 0.335 e. The molecule has 0 spiro atoms. The fourth-order valence-corrected chi connectivity index (χ4v) is 1.80. The van der Waals surface area contributed by atoms with Crippen molar-refractivity contribution in [2.45, 2.75) is 77.7 Å². The second kappa shape index (κ2) is 12.2. The Bertz CT molecular complexity index is 249. The lowest BCUT2D eigenvalue weighted by Crippen LogP contribution is -2.22. The molecule has 0 heterocycles. The predicted octanol–water partition coefficient (Wildman–Crippen LogP) is 3.01. The van der Waals surface area contributed by atoms with Gasteiger partial charge in [-0.2, -0.15) is 0 Å². The quantitative estimate of drug-likeness (QED) is 0.438. The van der Waals surface area contributed by atoms with Crippen molar-refractivity contribution < 1.29 is 19.4 Å². The van der Waals surface area contributed by atoms with Gasteiger partial charge in [0, 0.05) is 6.42 Å². The van der Waals surface area contributed by atoms with Gasteiger partial charge in [0.1, 0.15) is 12.7 Å². The van der Waals surface area contributed by atoms with Gasteiger partial charge >= 0.3 is 5.97 Å². The lowest BCUT2D eigenvalue weighted by molar-refractivity contribution is -0.155. The molecule has 0 aliphatic rings. The molecule has 4 heteroatoms. The molecule has 4 nitrogen and oxygen atoms in total. The first-order valence-electron chi connectivity index (χ1n) is 7.44. The second-order valence-electron chi connectivity index (χ2n) is 5.05. The molecular formula is C15H28O4. The standard InChI is InChI=1S/C15H28O4/c1-3-4-5-6-7-8-9-10-11-14(17)12-19-15(18)13(2)16/h13,16H,3-12H2,1-2H3. The summed E-state index contributed by atoms with van der Waals surface area (Å²) in [6, 6.07) is 0. The topological polar surface area (TPSA) is 63.6 Å². The number of unbranched alkanes of at least 4 members (excludes halogenated alkanes) is 7. The van der Waals surface area contributed by atoms with Crippen LogP contribution in [0.25, 0.3) is 0 Å². The molecule has 112 valence electrons. The molecule has 0 saturated heterocycles. The Balaban J connectivity index is 3.32. The number of ether oxygens (including phenoxy) is 1. The predicted molar refractivity (Wildman–Crippen MR) is 74.9 cm³/mol. The zero-order valence-corrected chi connectivity index (χ0v) is 12.3. The third-order valence-electron chi connectivity index (χ3n) is 3.03. The van der Waals surface area contributed by atoms with E-state index in [4.69, 9.17) is 5.11 Å². The van der Waals surface area contributed by atoms with E-state index < -0.39 is 12.1 Å². The van der Waals surface area contributed by atoms with E-state index in [9.17, 15) is 9.59 Å². The summed E-state index contributed by atoms with van der Waals surface area (Å²) in [6.45, 7) is 3.32. The van der Waals surface area contributed by atoms with Crippen molar-refractivity contribution in [2.24, 2.45) is 0 Å². The van der Waals surface area contributed by atoms with Crippen LogP contribution < -0.4 is 0 Å². The lowest BCUT2D eigenvalue weighted by Gasteiger charge is -2.05. The summed E-state index contributed by atoms with van der Waals surface area (Å²) >= 11 is 0. The number of aliphatic hydroxyl groups is 1. The van der Waals surface area contributed by atoms with Crippen molar-refractivity contribution in [2.75, 3.05) is 6.61 Å². The van der Waals surface area contributed by atoms with E-state index in [1.807, 2.05) is 0 Å². The van der Waals surface area contributed by atoms with Gasteiger partial charge in [0.05, 0.1) is 0 Å². The van der Waals surface area contributed by atoms with Crippen LogP contribution >= 0.6 is 0 Å². The van der Waals surface area contributed by atoms with E-state index in [2.05, 4.69) is 11.7 Å². The molecular weight excluding hydrogens is 244 g/mol. The number of ketones is 1. The van der Waals surface area contributed by atoms with Gasteiger partial charge in [-0.05, 0) is 13.3 Å². The van der Waals surface area contributed by atoms with Crippen molar-refractivity contribution in [1.82, 2.24) is 0 Å². The molecule has 0 saturated carbocycles.